The molecule has 0 saturated carbocycles. The summed E-state index contributed by atoms with van der Waals surface area (Å²) in [5.41, 5.74) is 4.32. The van der Waals surface area contributed by atoms with Gasteiger partial charge in [-0.2, -0.15) is 13.2 Å². The van der Waals surface area contributed by atoms with Crippen LogP contribution in [0.2, 0.25) is 0 Å². The van der Waals surface area contributed by atoms with E-state index in [-0.39, 0.29) is 21.8 Å². The standard InChI is InChI=1S/C12H11F3N4O2S/c1-17-22(20,21)10-3-9(16)6-19-11(10)7-2-8(5-18-4-7)12(13,14)15/h2-6,17H,16H2,1H3. The molecule has 0 saturated heterocycles. The van der Waals surface area contributed by atoms with Crippen molar-refractivity contribution in [3.05, 3.63) is 36.3 Å². The molecule has 0 aliphatic carbocycles. The zero-order valence-electron chi connectivity index (χ0n) is 11.2. The average Bonchev–Trinajstić information content (AvgIpc) is 2.46. The summed E-state index contributed by atoms with van der Waals surface area (Å²) in [6.45, 7) is 0. The van der Waals surface area contributed by atoms with Gasteiger partial charge in [0.1, 0.15) is 4.90 Å². The second-order valence-electron chi connectivity index (χ2n) is 4.28. The van der Waals surface area contributed by atoms with E-state index in [1.807, 2.05) is 0 Å². The van der Waals surface area contributed by atoms with Gasteiger partial charge in [-0.15, -0.1) is 0 Å². The van der Waals surface area contributed by atoms with Gasteiger partial charge in [-0.1, -0.05) is 0 Å². The van der Waals surface area contributed by atoms with Gasteiger partial charge in [0.25, 0.3) is 0 Å². The molecule has 3 N–H and O–H groups in total. The van der Waals surface area contributed by atoms with E-state index in [1.54, 1.807) is 0 Å². The third kappa shape index (κ3) is 3.17. The fraction of sp³-hybridized carbons (Fsp3) is 0.167. The van der Waals surface area contributed by atoms with Crippen molar-refractivity contribution in [1.82, 2.24) is 14.7 Å². The molecule has 0 fully saturated rings. The van der Waals surface area contributed by atoms with Gasteiger partial charge in [0.2, 0.25) is 10.0 Å². The van der Waals surface area contributed by atoms with Crippen LogP contribution in [0.1, 0.15) is 5.56 Å². The average molecular weight is 332 g/mol. The van der Waals surface area contributed by atoms with Gasteiger partial charge < -0.3 is 5.73 Å². The summed E-state index contributed by atoms with van der Waals surface area (Å²) in [5.74, 6) is 0. The topological polar surface area (TPSA) is 98.0 Å². The highest BCUT2D eigenvalue weighted by Gasteiger charge is 2.31. The van der Waals surface area contributed by atoms with E-state index < -0.39 is 21.8 Å². The molecule has 0 atom stereocenters. The Labute approximate surface area is 124 Å². The van der Waals surface area contributed by atoms with Crippen molar-refractivity contribution < 1.29 is 21.6 Å². The van der Waals surface area contributed by atoms with Gasteiger partial charge in [0.05, 0.1) is 23.1 Å². The van der Waals surface area contributed by atoms with E-state index >= 15 is 0 Å². The Hall–Kier alpha value is -2.20. The van der Waals surface area contributed by atoms with Crippen LogP contribution >= 0.6 is 0 Å². The van der Waals surface area contributed by atoms with Crippen LogP contribution in [0.3, 0.4) is 0 Å². The molecule has 0 aliphatic rings. The number of nitrogens with zero attached hydrogens (tertiary/aromatic N) is 2. The van der Waals surface area contributed by atoms with Crippen molar-refractivity contribution in [2.75, 3.05) is 12.8 Å². The van der Waals surface area contributed by atoms with Gasteiger partial charge in [0.15, 0.2) is 0 Å². The molecule has 2 aromatic rings. The molecule has 6 nitrogen and oxygen atoms in total. The van der Waals surface area contributed by atoms with E-state index in [9.17, 15) is 21.6 Å². The molecule has 2 rings (SSSR count). The van der Waals surface area contributed by atoms with Crippen LogP contribution in [0.15, 0.2) is 35.6 Å². The van der Waals surface area contributed by atoms with Gasteiger partial charge >= 0.3 is 6.18 Å². The van der Waals surface area contributed by atoms with E-state index in [0.29, 0.717) is 6.20 Å². The number of anilines is 1. The number of pyridine rings is 2. The summed E-state index contributed by atoms with van der Waals surface area (Å²) in [6, 6.07) is 1.90. The second kappa shape index (κ2) is 5.54. The minimum Gasteiger partial charge on any atom is -0.397 e. The van der Waals surface area contributed by atoms with Crippen LogP contribution in [-0.4, -0.2) is 25.4 Å². The number of alkyl halides is 3. The first kappa shape index (κ1) is 16.2. The maximum atomic E-state index is 12.7. The molecule has 2 aromatic heterocycles. The smallest absolute Gasteiger partial charge is 0.397 e. The maximum absolute atomic E-state index is 12.7. The van der Waals surface area contributed by atoms with Crippen molar-refractivity contribution in [1.29, 1.82) is 0 Å². The Morgan fingerprint density at radius 1 is 1.18 bits per heavy atom. The number of hydrogen-bond acceptors (Lipinski definition) is 5. The zero-order valence-corrected chi connectivity index (χ0v) is 12.0. The number of nitrogens with two attached hydrogens (primary N) is 1. The highest BCUT2D eigenvalue weighted by molar-refractivity contribution is 7.89. The number of halogens is 3. The lowest BCUT2D eigenvalue weighted by Crippen LogP contribution is -2.20. The van der Waals surface area contributed by atoms with Crippen LogP contribution in [-0.2, 0) is 16.2 Å². The molecule has 0 unspecified atom stereocenters. The number of aromatic nitrogens is 2. The monoisotopic (exact) mass is 332 g/mol. The third-order valence-electron chi connectivity index (χ3n) is 2.77. The predicted molar refractivity (Wildman–Crippen MR) is 73.1 cm³/mol. The molecular weight excluding hydrogens is 321 g/mol. The Kier molecular flexibility index (Phi) is 4.07. The van der Waals surface area contributed by atoms with Gasteiger partial charge in [-0.3, -0.25) is 9.97 Å². The maximum Gasteiger partial charge on any atom is 0.417 e. The Morgan fingerprint density at radius 2 is 1.86 bits per heavy atom. The first-order valence-corrected chi connectivity index (χ1v) is 7.35. The lowest BCUT2D eigenvalue weighted by atomic mass is 10.1. The highest BCUT2D eigenvalue weighted by Crippen LogP contribution is 2.33. The highest BCUT2D eigenvalue weighted by atomic mass is 32.2. The molecule has 0 aromatic carbocycles. The van der Waals surface area contributed by atoms with E-state index in [2.05, 4.69) is 14.7 Å². The Morgan fingerprint density at radius 3 is 2.45 bits per heavy atom. The number of nitrogens with one attached hydrogen (secondary N) is 1. The van der Waals surface area contributed by atoms with Crippen molar-refractivity contribution in [3.8, 4) is 11.3 Å². The molecule has 22 heavy (non-hydrogen) atoms. The SMILES string of the molecule is CNS(=O)(=O)c1cc(N)cnc1-c1cncc(C(F)(F)F)c1. The fourth-order valence-corrected chi connectivity index (χ4v) is 2.65. The summed E-state index contributed by atoms with van der Waals surface area (Å²) in [6.07, 6.45) is -1.70. The molecule has 0 bridgehead atoms. The first-order chi connectivity index (χ1) is 10.1. The van der Waals surface area contributed by atoms with Crippen LogP contribution in [0.4, 0.5) is 18.9 Å². The fourth-order valence-electron chi connectivity index (χ4n) is 1.72. The van der Waals surface area contributed by atoms with Crippen LogP contribution in [0.5, 0.6) is 0 Å². The van der Waals surface area contributed by atoms with Gasteiger partial charge in [-0.25, -0.2) is 13.1 Å². The third-order valence-corrected chi connectivity index (χ3v) is 4.20. The van der Waals surface area contributed by atoms with E-state index in [1.165, 1.54) is 7.05 Å². The van der Waals surface area contributed by atoms with Crippen LogP contribution in [0.25, 0.3) is 11.3 Å². The quantitative estimate of drug-likeness (QED) is 0.891. The number of hydrogen-bond donors (Lipinski definition) is 2. The van der Waals surface area contributed by atoms with Crippen molar-refractivity contribution in [2.24, 2.45) is 0 Å². The molecule has 10 heteroatoms. The number of rotatable bonds is 3. The first-order valence-electron chi connectivity index (χ1n) is 5.87. The molecule has 118 valence electrons. The van der Waals surface area contributed by atoms with Gasteiger partial charge in [0, 0.05) is 18.0 Å². The van der Waals surface area contributed by atoms with Crippen molar-refractivity contribution in [3.63, 3.8) is 0 Å². The summed E-state index contributed by atoms with van der Waals surface area (Å²) in [5, 5.41) is 0. The van der Waals surface area contributed by atoms with Crippen LogP contribution < -0.4 is 10.5 Å². The second-order valence-corrected chi connectivity index (χ2v) is 6.14. The molecule has 0 radical (unpaired) electrons. The zero-order chi connectivity index (χ0) is 16.5. The summed E-state index contributed by atoms with van der Waals surface area (Å²) < 4.78 is 64.2. The Balaban J connectivity index is 2.69. The van der Waals surface area contributed by atoms with Crippen molar-refractivity contribution >= 4 is 15.7 Å². The number of sulfonamides is 1. The van der Waals surface area contributed by atoms with E-state index in [0.717, 1.165) is 24.5 Å². The van der Waals surface area contributed by atoms with Crippen molar-refractivity contribution in [2.45, 2.75) is 11.1 Å². The molecule has 2 heterocycles. The lowest BCUT2D eigenvalue weighted by molar-refractivity contribution is -0.137. The summed E-state index contributed by atoms with van der Waals surface area (Å²) in [7, 11) is -2.78. The molecule has 0 amide bonds. The summed E-state index contributed by atoms with van der Waals surface area (Å²) >= 11 is 0. The molecule has 0 aliphatic heterocycles. The normalized spacial score (nSPS) is 12.4. The van der Waals surface area contributed by atoms with E-state index in [4.69, 9.17) is 5.73 Å². The minimum atomic E-state index is -4.60. The lowest BCUT2D eigenvalue weighted by Gasteiger charge is -2.11. The summed E-state index contributed by atoms with van der Waals surface area (Å²) in [4.78, 5) is 7.00. The molecule has 0 spiro atoms. The Bertz CT molecular complexity index is 806. The van der Waals surface area contributed by atoms with Gasteiger partial charge in [-0.05, 0) is 19.2 Å². The number of nitrogen functional groups attached to an aromatic ring is 1. The molecular formula is C12H11F3N4O2S. The minimum absolute atomic E-state index is 0.0671. The van der Waals surface area contributed by atoms with Crippen LogP contribution in [0, 0.1) is 0 Å². The predicted octanol–water partition coefficient (Wildman–Crippen LogP) is 1.65. The largest absolute Gasteiger partial charge is 0.417 e.